The van der Waals surface area contributed by atoms with E-state index in [-0.39, 0.29) is 11.9 Å². The van der Waals surface area contributed by atoms with Crippen LogP contribution >= 0.6 is 0 Å². The molecule has 2 aromatic rings. The summed E-state index contributed by atoms with van der Waals surface area (Å²) in [5.41, 5.74) is 1.86. The average molecular weight is 371 g/mol. The van der Waals surface area contributed by atoms with Gasteiger partial charge in [-0.05, 0) is 44.4 Å². The van der Waals surface area contributed by atoms with Crippen molar-refractivity contribution in [3.8, 4) is 0 Å². The van der Waals surface area contributed by atoms with Gasteiger partial charge in [0, 0.05) is 25.7 Å². The third kappa shape index (κ3) is 3.65. The van der Waals surface area contributed by atoms with E-state index in [0.29, 0.717) is 24.0 Å². The van der Waals surface area contributed by atoms with Crippen LogP contribution in [0.3, 0.4) is 0 Å². The fourth-order valence-electron chi connectivity index (χ4n) is 4.59. The number of aromatic nitrogens is 3. The molecule has 3 heterocycles. The van der Waals surface area contributed by atoms with Gasteiger partial charge in [0.1, 0.15) is 5.69 Å². The van der Waals surface area contributed by atoms with Crippen molar-refractivity contribution < 1.29 is 9.32 Å². The maximum absolute atomic E-state index is 12.1. The lowest BCUT2D eigenvalue weighted by Gasteiger charge is -2.35. The van der Waals surface area contributed by atoms with Gasteiger partial charge in [0.2, 0.25) is 5.89 Å². The minimum Gasteiger partial charge on any atom is -0.354 e. The van der Waals surface area contributed by atoms with Gasteiger partial charge in [0.15, 0.2) is 5.82 Å². The Hall–Kier alpha value is -2.15. The topological polar surface area (TPSA) is 76.2 Å². The molecule has 1 aliphatic heterocycles. The third-order valence-electron chi connectivity index (χ3n) is 6.12. The molecule has 0 unspecified atom stereocenters. The van der Waals surface area contributed by atoms with Gasteiger partial charge in [-0.2, -0.15) is 4.98 Å². The van der Waals surface area contributed by atoms with Crippen LogP contribution in [-0.2, 0) is 13.6 Å². The number of carbonyl (C=O) groups is 1. The minimum atomic E-state index is -0.0517. The molecule has 4 rings (SSSR count). The molecule has 7 heteroatoms. The summed E-state index contributed by atoms with van der Waals surface area (Å²) in [6.07, 6.45) is 8.34. The molecule has 1 saturated heterocycles. The molecule has 1 aliphatic carbocycles. The lowest BCUT2D eigenvalue weighted by atomic mass is 9.99. The standard InChI is InChI=1S/C20H29N5O2/c1-21-20(26)17-11-10-15(24(17)2)16-9-5-6-12-25(16)13-18-22-19(23-27-18)14-7-3-4-8-14/h10-11,14,16H,3-9,12-13H2,1-2H3,(H,21,26)/t16-/m1/s1. The highest BCUT2D eigenvalue weighted by Gasteiger charge is 2.29. The molecular formula is C20H29N5O2. The number of hydrogen-bond donors (Lipinski definition) is 1. The second-order valence-electron chi connectivity index (χ2n) is 7.79. The van der Waals surface area contributed by atoms with Gasteiger partial charge < -0.3 is 14.4 Å². The molecule has 2 fully saturated rings. The van der Waals surface area contributed by atoms with E-state index in [1.54, 1.807) is 7.05 Å². The summed E-state index contributed by atoms with van der Waals surface area (Å²) in [5, 5.41) is 6.96. The summed E-state index contributed by atoms with van der Waals surface area (Å²) < 4.78 is 7.59. The summed E-state index contributed by atoms with van der Waals surface area (Å²) in [4.78, 5) is 19.2. The summed E-state index contributed by atoms with van der Waals surface area (Å²) in [6, 6.07) is 4.25. The SMILES string of the molecule is CNC(=O)c1ccc([C@H]2CCCCN2Cc2nc(C3CCCC3)no2)n1C. The van der Waals surface area contributed by atoms with E-state index >= 15 is 0 Å². The van der Waals surface area contributed by atoms with Gasteiger partial charge >= 0.3 is 0 Å². The molecule has 1 saturated carbocycles. The highest BCUT2D eigenvalue weighted by Crippen LogP contribution is 2.34. The zero-order valence-electron chi connectivity index (χ0n) is 16.3. The molecule has 146 valence electrons. The van der Waals surface area contributed by atoms with Crippen LogP contribution in [0.5, 0.6) is 0 Å². The highest BCUT2D eigenvalue weighted by atomic mass is 16.5. The Morgan fingerprint density at radius 2 is 2.00 bits per heavy atom. The Kier molecular flexibility index (Phi) is 5.29. The van der Waals surface area contributed by atoms with Crippen LogP contribution in [0.2, 0.25) is 0 Å². The number of hydrogen-bond acceptors (Lipinski definition) is 5. The second-order valence-corrected chi connectivity index (χ2v) is 7.79. The van der Waals surface area contributed by atoms with Crippen molar-refractivity contribution >= 4 is 5.91 Å². The van der Waals surface area contributed by atoms with Gasteiger partial charge in [-0.1, -0.05) is 24.4 Å². The van der Waals surface area contributed by atoms with Crippen LogP contribution in [0, 0.1) is 0 Å². The highest BCUT2D eigenvalue weighted by molar-refractivity contribution is 5.92. The Morgan fingerprint density at radius 1 is 1.22 bits per heavy atom. The van der Waals surface area contributed by atoms with Crippen LogP contribution in [0.1, 0.15) is 84.8 Å². The van der Waals surface area contributed by atoms with E-state index in [1.165, 1.54) is 44.2 Å². The quantitative estimate of drug-likeness (QED) is 0.874. The van der Waals surface area contributed by atoms with Crippen molar-refractivity contribution in [2.45, 2.75) is 63.5 Å². The normalized spacial score (nSPS) is 21.6. The van der Waals surface area contributed by atoms with E-state index in [0.717, 1.165) is 18.8 Å². The largest absolute Gasteiger partial charge is 0.354 e. The fraction of sp³-hybridized carbons (Fsp3) is 0.650. The Bertz CT molecular complexity index is 790. The number of rotatable bonds is 5. The summed E-state index contributed by atoms with van der Waals surface area (Å²) in [7, 11) is 3.64. The van der Waals surface area contributed by atoms with Crippen LogP contribution in [0.25, 0.3) is 0 Å². The van der Waals surface area contributed by atoms with E-state index in [1.807, 2.05) is 17.7 Å². The predicted octanol–water partition coefficient (Wildman–Crippen LogP) is 3.15. The van der Waals surface area contributed by atoms with Gasteiger partial charge in [-0.15, -0.1) is 0 Å². The summed E-state index contributed by atoms with van der Waals surface area (Å²) >= 11 is 0. The molecule has 7 nitrogen and oxygen atoms in total. The smallest absolute Gasteiger partial charge is 0.267 e. The molecule has 27 heavy (non-hydrogen) atoms. The van der Waals surface area contributed by atoms with E-state index in [9.17, 15) is 4.79 Å². The van der Waals surface area contributed by atoms with Crippen LogP contribution in [0.4, 0.5) is 0 Å². The second kappa shape index (κ2) is 7.84. The maximum atomic E-state index is 12.1. The Labute approximate surface area is 160 Å². The summed E-state index contributed by atoms with van der Waals surface area (Å²) in [6.45, 7) is 1.68. The van der Waals surface area contributed by atoms with Crippen molar-refractivity contribution in [2.75, 3.05) is 13.6 Å². The lowest BCUT2D eigenvalue weighted by Crippen LogP contribution is -2.34. The fourth-order valence-corrected chi connectivity index (χ4v) is 4.59. The molecule has 1 atom stereocenters. The monoisotopic (exact) mass is 371 g/mol. The molecule has 1 N–H and O–H groups in total. The van der Waals surface area contributed by atoms with E-state index in [2.05, 4.69) is 21.4 Å². The Morgan fingerprint density at radius 3 is 2.78 bits per heavy atom. The van der Waals surface area contributed by atoms with Gasteiger partial charge in [-0.25, -0.2) is 0 Å². The van der Waals surface area contributed by atoms with Crippen molar-refractivity contribution in [1.29, 1.82) is 0 Å². The zero-order chi connectivity index (χ0) is 18.8. The number of amides is 1. The van der Waals surface area contributed by atoms with Crippen LogP contribution < -0.4 is 5.32 Å². The van der Waals surface area contributed by atoms with Crippen molar-refractivity contribution in [3.05, 3.63) is 35.2 Å². The molecule has 2 aliphatic rings. The zero-order valence-corrected chi connectivity index (χ0v) is 16.3. The number of carbonyl (C=O) groups excluding carboxylic acids is 1. The predicted molar refractivity (Wildman–Crippen MR) is 101 cm³/mol. The summed E-state index contributed by atoms with van der Waals surface area (Å²) in [5.74, 6) is 2.02. The van der Waals surface area contributed by atoms with E-state index < -0.39 is 0 Å². The number of piperidine rings is 1. The third-order valence-corrected chi connectivity index (χ3v) is 6.12. The maximum Gasteiger partial charge on any atom is 0.267 e. The first-order chi connectivity index (χ1) is 13.2. The average Bonchev–Trinajstić information content (AvgIpc) is 3.42. The number of nitrogens with one attached hydrogen (secondary N) is 1. The first kappa shape index (κ1) is 18.2. The molecule has 0 spiro atoms. The Balaban J connectivity index is 1.51. The van der Waals surface area contributed by atoms with Crippen molar-refractivity contribution in [1.82, 2.24) is 24.9 Å². The van der Waals surface area contributed by atoms with Crippen LogP contribution in [-0.4, -0.2) is 39.1 Å². The molecule has 0 radical (unpaired) electrons. The van der Waals surface area contributed by atoms with Gasteiger partial charge in [-0.3, -0.25) is 9.69 Å². The molecular weight excluding hydrogens is 342 g/mol. The first-order valence-electron chi connectivity index (χ1n) is 10.1. The number of nitrogens with zero attached hydrogens (tertiary/aromatic N) is 4. The van der Waals surface area contributed by atoms with Crippen molar-refractivity contribution in [3.63, 3.8) is 0 Å². The molecule has 0 aromatic carbocycles. The van der Waals surface area contributed by atoms with Crippen molar-refractivity contribution in [2.24, 2.45) is 7.05 Å². The molecule has 2 aromatic heterocycles. The lowest BCUT2D eigenvalue weighted by molar-refractivity contribution is 0.0950. The first-order valence-corrected chi connectivity index (χ1v) is 10.1. The minimum absolute atomic E-state index is 0.0517. The number of likely N-dealkylation sites (tertiary alicyclic amines) is 1. The van der Waals surface area contributed by atoms with Gasteiger partial charge in [0.25, 0.3) is 5.91 Å². The molecule has 0 bridgehead atoms. The van der Waals surface area contributed by atoms with E-state index in [4.69, 9.17) is 9.51 Å². The molecule has 1 amide bonds. The van der Waals surface area contributed by atoms with Gasteiger partial charge in [0.05, 0.1) is 12.6 Å². The van der Waals surface area contributed by atoms with Crippen LogP contribution in [0.15, 0.2) is 16.7 Å².